The zero-order chi connectivity index (χ0) is 14.7. The number of nitro benzene ring substituents is 1. The topological polar surface area (TPSA) is 64.4 Å². The van der Waals surface area contributed by atoms with E-state index >= 15 is 0 Å². The normalized spacial score (nSPS) is 10.2. The van der Waals surface area contributed by atoms with Crippen molar-refractivity contribution in [3.63, 3.8) is 0 Å². The first-order valence-electron chi connectivity index (χ1n) is 5.60. The van der Waals surface area contributed by atoms with E-state index < -0.39 is 10.7 Å². The van der Waals surface area contributed by atoms with Crippen molar-refractivity contribution >= 4 is 23.0 Å². The average Bonchev–Trinajstić information content (AvgIpc) is 2.43. The number of hydrogen-bond acceptors (Lipinski definition) is 4. The number of nitro groups is 1. The summed E-state index contributed by atoms with van der Waals surface area (Å²) in [6.07, 6.45) is 0. The van der Waals surface area contributed by atoms with Gasteiger partial charge in [-0.2, -0.15) is 0 Å². The van der Waals surface area contributed by atoms with Crippen LogP contribution in [-0.2, 0) is 0 Å². The fourth-order valence-electron chi connectivity index (χ4n) is 1.58. The molecule has 0 heterocycles. The lowest BCUT2D eigenvalue weighted by atomic mass is 10.2. The first-order valence-corrected chi connectivity index (χ1v) is 5.98. The van der Waals surface area contributed by atoms with Crippen molar-refractivity contribution in [2.45, 2.75) is 0 Å². The highest BCUT2D eigenvalue weighted by atomic mass is 35.5. The van der Waals surface area contributed by atoms with E-state index in [0.29, 0.717) is 5.69 Å². The van der Waals surface area contributed by atoms with Gasteiger partial charge in [-0.1, -0.05) is 17.7 Å². The summed E-state index contributed by atoms with van der Waals surface area (Å²) in [7, 11) is 1.61. The summed E-state index contributed by atoms with van der Waals surface area (Å²) >= 11 is 5.64. The smallest absolute Gasteiger partial charge is 0.275 e. The molecule has 7 heteroatoms. The van der Waals surface area contributed by atoms with Gasteiger partial charge in [0.05, 0.1) is 16.0 Å². The molecule has 0 bridgehead atoms. The number of ether oxygens (including phenoxy) is 1. The third-order valence-corrected chi connectivity index (χ3v) is 2.83. The summed E-state index contributed by atoms with van der Waals surface area (Å²) in [6, 6.07) is 8.38. The fourth-order valence-corrected chi connectivity index (χ4v) is 1.75. The Balaban J connectivity index is 2.40. The third kappa shape index (κ3) is 2.97. The molecular formula is C13H10ClFN2O3. The number of non-ortho nitro benzene ring substituents is 1. The van der Waals surface area contributed by atoms with Gasteiger partial charge in [-0.15, -0.1) is 0 Å². The standard InChI is InChI=1S/C13H10ClFN2O3/c1-16-8-5-9(17(18)19)7-10(6-8)20-12-4-2-3-11(14)13(12)15/h2-7,16H,1H3. The molecule has 2 rings (SSSR count). The van der Waals surface area contributed by atoms with Crippen molar-refractivity contribution in [3.05, 3.63) is 57.4 Å². The van der Waals surface area contributed by atoms with Crippen LogP contribution >= 0.6 is 11.6 Å². The summed E-state index contributed by atoms with van der Waals surface area (Å²) in [5.41, 5.74) is 0.325. The second-order valence-electron chi connectivity index (χ2n) is 3.88. The minimum atomic E-state index is -0.716. The Bertz CT molecular complexity index is 664. The van der Waals surface area contributed by atoms with Crippen LogP contribution in [0.1, 0.15) is 0 Å². The quantitative estimate of drug-likeness (QED) is 0.677. The average molecular weight is 297 g/mol. The Morgan fingerprint density at radius 3 is 2.75 bits per heavy atom. The van der Waals surface area contributed by atoms with E-state index in [2.05, 4.69) is 5.32 Å². The number of nitrogens with one attached hydrogen (secondary N) is 1. The number of anilines is 1. The van der Waals surface area contributed by atoms with E-state index in [0.717, 1.165) is 0 Å². The van der Waals surface area contributed by atoms with Crippen LogP contribution < -0.4 is 10.1 Å². The first kappa shape index (κ1) is 14.1. The van der Waals surface area contributed by atoms with Crippen molar-refractivity contribution in [3.8, 4) is 11.5 Å². The summed E-state index contributed by atoms with van der Waals surface area (Å²) in [6.45, 7) is 0. The van der Waals surface area contributed by atoms with Crippen molar-refractivity contribution in [2.75, 3.05) is 12.4 Å². The Kier molecular flexibility index (Phi) is 4.05. The van der Waals surface area contributed by atoms with Gasteiger partial charge in [0.2, 0.25) is 0 Å². The highest BCUT2D eigenvalue weighted by Crippen LogP contribution is 2.32. The molecule has 0 atom stereocenters. The summed E-state index contributed by atoms with van der Waals surface area (Å²) in [5, 5.41) is 13.5. The van der Waals surface area contributed by atoms with Crippen molar-refractivity contribution in [1.29, 1.82) is 0 Å². The molecule has 2 aromatic carbocycles. The molecule has 20 heavy (non-hydrogen) atoms. The molecule has 0 aliphatic carbocycles. The predicted octanol–water partition coefficient (Wildman–Crippen LogP) is 4.22. The maximum atomic E-state index is 13.7. The SMILES string of the molecule is CNc1cc(Oc2cccc(Cl)c2F)cc([N+](=O)[O-])c1. The fraction of sp³-hybridized carbons (Fsp3) is 0.0769. The number of nitrogens with zero attached hydrogens (tertiary/aromatic N) is 1. The maximum absolute atomic E-state index is 13.7. The van der Waals surface area contributed by atoms with Crippen LogP contribution in [0, 0.1) is 15.9 Å². The van der Waals surface area contributed by atoms with Crippen molar-refractivity contribution in [2.24, 2.45) is 0 Å². The molecule has 2 aromatic rings. The van der Waals surface area contributed by atoms with E-state index in [-0.39, 0.29) is 22.2 Å². The summed E-state index contributed by atoms with van der Waals surface area (Å²) < 4.78 is 19.0. The van der Waals surface area contributed by atoms with Gasteiger partial charge in [-0.05, 0) is 12.1 Å². The molecule has 0 fully saturated rings. The van der Waals surface area contributed by atoms with Gasteiger partial charge in [0, 0.05) is 24.9 Å². The Morgan fingerprint density at radius 2 is 2.10 bits per heavy atom. The number of halogens is 2. The van der Waals surface area contributed by atoms with E-state index in [4.69, 9.17) is 16.3 Å². The minimum Gasteiger partial charge on any atom is -0.454 e. The molecular weight excluding hydrogens is 287 g/mol. The molecule has 0 aromatic heterocycles. The van der Waals surface area contributed by atoms with Gasteiger partial charge >= 0.3 is 0 Å². The molecule has 0 saturated heterocycles. The summed E-state index contributed by atoms with van der Waals surface area (Å²) in [5.74, 6) is -0.670. The van der Waals surface area contributed by atoms with Gasteiger partial charge < -0.3 is 10.1 Å². The minimum absolute atomic E-state index is 0.0817. The van der Waals surface area contributed by atoms with Gasteiger partial charge in [0.15, 0.2) is 11.6 Å². The molecule has 0 unspecified atom stereocenters. The molecule has 0 saturated carbocycles. The Labute approximate surface area is 119 Å². The third-order valence-electron chi connectivity index (χ3n) is 2.53. The largest absolute Gasteiger partial charge is 0.454 e. The van der Waals surface area contributed by atoms with Gasteiger partial charge in [0.1, 0.15) is 5.75 Å². The second kappa shape index (κ2) is 5.75. The van der Waals surface area contributed by atoms with Crippen molar-refractivity contribution in [1.82, 2.24) is 0 Å². The zero-order valence-corrected chi connectivity index (χ0v) is 11.1. The van der Waals surface area contributed by atoms with Crippen LogP contribution in [0.2, 0.25) is 5.02 Å². The lowest BCUT2D eigenvalue weighted by Crippen LogP contribution is -1.95. The molecule has 0 aliphatic heterocycles. The van der Waals surface area contributed by atoms with Crippen LogP contribution in [0.15, 0.2) is 36.4 Å². The molecule has 0 amide bonds. The van der Waals surface area contributed by atoms with Crippen LogP contribution in [0.25, 0.3) is 0 Å². The lowest BCUT2D eigenvalue weighted by molar-refractivity contribution is -0.384. The first-order chi connectivity index (χ1) is 9.51. The van der Waals surface area contributed by atoms with E-state index in [9.17, 15) is 14.5 Å². The van der Waals surface area contributed by atoms with Gasteiger partial charge in [-0.25, -0.2) is 4.39 Å². The zero-order valence-electron chi connectivity index (χ0n) is 10.4. The number of rotatable bonds is 4. The van der Waals surface area contributed by atoms with Crippen molar-refractivity contribution < 1.29 is 14.1 Å². The molecule has 1 N–H and O–H groups in total. The molecule has 104 valence electrons. The molecule has 5 nitrogen and oxygen atoms in total. The molecule has 0 aliphatic rings. The Morgan fingerprint density at radius 1 is 1.35 bits per heavy atom. The highest BCUT2D eigenvalue weighted by Gasteiger charge is 2.13. The van der Waals surface area contributed by atoms with Gasteiger partial charge in [-0.3, -0.25) is 10.1 Å². The monoisotopic (exact) mass is 296 g/mol. The lowest BCUT2D eigenvalue weighted by Gasteiger charge is -2.09. The van der Waals surface area contributed by atoms with Crippen LogP contribution in [-0.4, -0.2) is 12.0 Å². The Hall–Kier alpha value is -2.34. The second-order valence-corrected chi connectivity index (χ2v) is 4.28. The molecule has 0 radical (unpaired) electrons. The number of hydrogen-bond donors (Lipinski definition) is 1. The van der Waals surface area contributed by atoms with E-state index in [1.54, 1.807) is 7.05 Å². The predicted molar refractivity (Wildman–Crippen MR) is 74.1 cm³/mol. The maximum Gasteiger partial charge on any atom is 0.275 e. The van der Waals surface area contributed by atoms with E-state index in [1.807, 2.05) is 0 Å². The molecule has 0 spiro atoms. The van der Waals surface area contributed by atoms with Gasteiger partial charge in [0.25, 0.3) is 5.69 Å². The van der Waals surface area contributed by atoms with Crippen LogP contribution in [0.5, 0.6) is 11.5 Å². The van der Waals surface area contributed by atoms with Crippen LogP contribution in [0.4, 0.5) is 15.8 Å². The number of benzene rings is 2. The summed E-state index contributed by atoms with van der Waals surface area (Å²) in [4.78, 5) is 10.3. The highest BCUT2D eigenvalue weighted by molar-refractivity contribution is 6.30. The van der Waals surface area contributed by atoms with Crippen LogP contribution in [0.3, 0.4) is 0 Å². The van der Waals surface area contributed by atoms with E-state index in [1.165, 1.54) is 36.4 Å².